The van der Waals surface area contributed by atoms with Crippen molar-refractivity contribution in [3.63, 3.8) is 0 Å². The quantitative estimate of drug-likeness (QED) is 0.891. The van der Waals surface area contributed by atoms with Gasteiger partial charge in [-0.1, -0.05) is 17.7 Å². The lowest BCUT2D eigenvalue weighted by atomic mass is 10.2. The maximum Gasteiger partial charge on any atom is 0.243 e. The topological polar surface area (TPSA) is 83.4 Å². The number of fused-ring (bicyclic) bond motifs is 1. The standard InChI is InChI=1S/C17H14ClN3O3/c18-13-7-15-16(24-5-4-23-15)8-14(13)21-17(22)10-20-12-3-1-2-11(6-12)9-19/h1-3,6-8,20H,4-5,10H2,(H,21,22). The van der Waals surface area contributed by atoms with E-state index >= 15 is 0 Å². The van der Waals surface area contributed by atoms with Crippen LogP contribution in [0.1, 0.15) is 5.56 Å². The predicted octanol–water partition coefficient (Wildman–Crippen LogP) is 3.03. The molecule has 2 aromatic carbocycles. The van der Waals surface area contributed by atoms with Gasteiger partial charge in [-0.2, -0.15) is 5.26 Å². The maximum atomic E-state index is 12.1. The summed E-state index contributed by atoms with van der Waals surface area (Å²) in [5.74, 6) is 0.849. The van der Waals surface area contributed by atoms with Crippen molar-refractivity contribution in [1.82, 2.24) is 0 Å². The van der Waals surface area contributed by atoms with Crippen molar-refractivity contribution in [3.05, 3.63) is 47.0 Å². The van der Waals surface area contributed by atoms with Gasteiger partial charge in [-0.25, -0.2) is 0 Å². The number of carbonyl (C=O) groups is 1. The number of hydrogen-bond donors (Lipinski definition) is 2. The highest BCUT2D eigenvalue weighted by Crippen LogP contribution is 2.37. The Kier molecular flexibility index (Phi) is 4.73. The molecule has 24 heavy (non-hydrogen) atoms. The molecule has 1 aliphatic rings. The first-order valence-electron chi connectivity index (χ1n) is 7.29. The Morgan fingerprint density at radius 1 is 1.21 bits per heavy atom. The molecule has 2 aromatic rings. The van der Waals surface area contributed by atoms with Crippen molar-refractivity contribution in [2.45, 2.75) is 0 Å². The van der Waals surface area contributed by atoms with Gasteiger partial charge in [0.15, 0.2) is 11.5 Å². The van der Waals surface area contributed by atoms with E-state index in [0.29, 0.717) is 46.7 Å². The summed E-state index contributed by atoms with van der Waals surface area (Å²) >= 11 is 6.16. The molecule has 0 unspecified atom stereocenters. The van der Waals surface area contributed by atoms with Crippen LogP contribution in [0.5, 0.6) is 11.5 Å². The van der Waals surface area contributed by atoms with Gasteiger partial charge in [-0.15, -0.1) is 0 Å². The minimum atomic E-state index is -0.268. The van der Waals surface area contributed by atoms with Gasteiger partial charge in [0, 0.05) is 17.8 Å². The van der Waals surface area contributed by atoms with Gasteiger partial charge in [0.25, 0.3) is 0 Å². The SMILES string of the molecule is N#Cc1cccc(NCC(=O)Nc2cc3c(cc2Cl)OCCO3)c1. The molecule has 7 heteroatoms. The number of ether oxygens (including phenoxy) is 2. The van der Waals surface area contributed by atoms with Crippen LogP contribution in [0.2, 0.25) is 5.02 Å². The number of benzene rings is 2. The molecule has 3 rings (SSSR count). The lowest BCUT2D eigenvalue weighted by molar-refractivity contribution is -0.114. The van der Waals surface area contributed by atoms with E-state index in [4.69, 9.17) is 26.3 Å². The summed E-state index contributed by atoms with van der Waals surface area (Å²) in [4.78, 5) is 12.1. The van der Waals surface area contributed by atoms with Gasteiger partial charge in [-0.3, -0.25) is 4.79 Å². The van der Waals surface area contributed by atoms with Crippen LogP contribution in [0.15, 0.2) is 36.4 Å². The smallest absolute Gasteiger partial charge is 0.243 e. The van der Waals surface area contributed by atoms with Crippen LogP contribution in [-0.4, -0.2) is 25.7 Å². The van der Waals surface area contributed by atoms with Crippen molar-refractivity contribution in [2.75, 3.05) is 30.4 Å². The van der Waals surface area contributed by atoms with Crippen LogP contribution < -0.4 is 20.1 Å². The molecule has 0 fully saturated rings. The summed E-state index contributed by atoms with van der Waals surface area (Å²) in [6.07, 6.45) is 0. The van der Waals surface area contributed by atoms with Crippen molar-refractivity contribution < 1.29 is 14.3 Å². The third-order valence-corrected chi connectivity index (χ3v) is 3.66. The van der Waals surface area contributed by atoms with E-state index in [1.54, 1.807) is 36.4 Å². The molecule has 2 N–H and O–H groups in total. The lowest BCUT2D eigenvalue weighted by Crippen LogP contribution is -2.22. The van der Waals surface area contributed by atoms with E-state index < -0.39 is 0 Å². The number of nitriles is 1. The van der Waals surface area contributed by atoms with Crippen LogP contribution in [0.4, 0.5) is 11.4 Å². The zero-order chi connectivity index (χ0) is 16.9. The second-order valence-corrected chi connectivity index (χ2v) is 5.48. The minimum Gasteiger partial charge on any atom is -0.486 e. The van der Waals surface area contributed by atoms with Crippen LogP contribution >= 0.6 is 11.6 Å². The highest BCUT2D eigenvalue weighted by molar-refractivity contribution is 6.34. The molecule has 0 aromatic heterocycles. The van der Waals surface area contributed by atoms with E-state index in [9.17, 15) is 4.79 Å². The van der Waals surface area contributed by atoms with E-state index in [1.807, 2.05) is 6.07 Å². The second-order valence-electron chi connectivity index (χ2n) is 5.07. The van der Waals surface area contributed by atoms with Crippen molar-refractivity contribution >= 4 is 28.9 Å². The van der Waals surface area contributed by atoms with Crippen LogP contribution in [0.25, 0.3) is 0 Å². The van der Waals surface area contributed by atoms with Crippen molar-refractivity contribution in [3.8, 4) is 17.6 Å². The Bertz CT molecular complexity index is 817. The van der Waals surface area contributed by atoms with Gasteiger partial charge in [-0.05, 0) is 18.2 Å². The molecular formula is C17H14ClN3O3. The molecule has 0 radical (unpaired) electrons. The highest BCUT2D eigenvalue weighted by Gasteiger charge is 2.16. The average Bonchev–Trinajstić information content (AvgIpc) is 2.61. The Labute approximate surface area is 143 Å². The zero-order valence-corrected chi connectivity index (χ0v) is 13.4. The number of carbonyl (C=O) groups excluding carboxylic acids is 1. The third-order valence-electron chi connectivity index (χ3n) is 3.35. The third kappa shape index (κ3) is 3.70. The fraction of sp³-hybridized carbons (Fsp3) is 0.176. The molecule has 0 saturated heterocycles. The number of halogens is 1. The van der Waals surface area contributed by atoms with Gasteiger partial charge in [0.2, 0.25) is 5.91 Å². The number of amides is 1. The first kappa shape index (κ1) is 16.0. The average molecular weight is 344 g/mol. The molecule has 0 spiro atoms. The molecule has 1 amide bonds. The Hall–Kier alpha value is -2.91. The molecule has 0 saturated carbocycles. The molecule has 0 bridgehead atoms. The van der Waals surface area contributed by atoms with E-state index in [-0.39, 0.29) is 12.5 Å². The van der Waals surface area contributed by atoms with Crippen molar-refractivity contribution in [1.29, 1.82) is 5.26 Å². The van der Waals surface area contributed by atoms with Gasteiger partial charge in [0.05, 0.1) is 28.9 Å². The molecule has 0 atom stereocenters. The van der Waals surface area contributed by atoms with Crippen LogP contribution in [0.3, 0.4) is 0 Å². The molecule has 122 valence electrons. The molecule has 6 nitrogen and oxygen atoms in total. The van der Waals surface area contributed by atoms with Crippen molar-refractivity contribution in [2.24, 2.45) is 0 Å². The number of rotatable bonds is 4. The van der Waals surface area contributed by atoms with Gasteiger partial charge >= 0.3 is 0 Å². The second kappa shape index (κ2) is 7.11. The molecule has 1 aliphatic heterocycles. The summed E-state index contributed by atoms with van der Waals surface area (Å²) < 4.78 is 10.9. The Balaban J connectivity index is 1.63. The number of nitrogens with one attached hydrogen (secondary N) is 2. The summed E-state index contributed by atoms with van der Waals surface area (Å²) in [5, 5.41) is 14.9. The normalized spacial score (nSPS) is 12.2. The monoisotopic (exact) mass is 343 g/mol. The fourth-order valence-electron chi connectivity index (χ4n) is 2.24. The highest BCUT2D eigenvalue weighted by atomic mass is 35.5. The molecule has 1 heterocycles. The largest absolute Gasteiger partial charge is 0.486 e. The van der Waals surface area contributed by atoms with E-state index in [0.717, 1.165) is 0 Å². The van der Waals surface area contributed by atoms with Crippen LogP contribution in [0, 0.1) is 11.3 Å². The summed E-state index contributed by atoms with van der Waals surface area (Å²) in [6.45, 7) is 0.971. The van der Waals surface area contributed by atoms with Gasteiger partial charge in [0.1, 0.15) is 13.2 Å². The number of nitrogens with zero attached hydrogens (tertiary/aromatic N) is 1. The molecular weight excluding hydrogens is 330 g/mol. The predicted molar refractivity (Wildman–Crippen MR) is 90.7 cm³/mol. The Morgan fingerprint density at radius 2 is 1.96 bits per heavy atom. The fourth-order valence-corrected chi connectivity index (χ4v) is 2.44. The summed E-state index contributed by atoms with van der Waals surface area (Å²) in [5.41, 5.74) is 1.67. The number of hydrogen-bond acceptors (Lipinski definition) is 5. The summed E-state index contributed by atoms with van der Waals surface area (Å²) in [7, 11) is 0. The lowest BCUT2D eigenvalue weighted by Gasteiger charge is -2.20. The van der Waals surface area contributed by atoms with Crippen LogP contribution in [-0.2, 0) is 4.79 Å². The Morgan fingerprint density at radius 3 is 2.71 bits per heavy atom. The van der Waals surface area contributed by atoms with E-state index in [2.05, 4.69) is 10.6 Å². The first-order valence-corrected chi connectivity index (χ1v) is 7.66. The van der Waals surface area contributed by atoms with Gasteiger partial charge < -0.3 is 20.1 Å². The van der Waals surface area contributed by atoms with E-state index in [1.165, 1.54) is 0 Å². The first-order chi connectivity index (χ1) is 11.7. The maximum absolute atomic E-state index is 12.1. The zero-order valence-electron chi connectivity index (χ0n) is 12.6. The number of anilines is 2. The minimum absolute atomic E-state index is 0.0413. The summed E-state index contributed by atoms with van der Waals surface area (Å²) in [6, 6.07) is 12.2. The molecule has 0 aliphatic carbocycles.